The van der Waals surface area contributed by atoms with Crippen molar-refractivity contribution >= 4 is 46.2 Å². The third-order valence-electron chi connectivity index (χ3n) is 3.15. The first kappa shape index (κ1) is 27.2. The Kier molecular flexibility index (Phi) is 14.3. The van der Waals surface area contributed by atoms with Crippen LogP contribution in [0.3, 0.4) is 0 Å². The number of ether oxygens (including phenoxy) is 1. The van der Waals surface area contributed by atoms with Crippen LogP contribution in [0.4, 0.5) is 0 Å². The molecule has 0 aromatic carbocycles. The lowest BCUT2D eigenvalue weighted by molar-refractivity contribution is -0.150. The number of aliphatic carboxylic acids is 1. The zero-order chi connectivity index (χ0) is 20.3. The molecule has 0 bridgehead atoms. The Morgan fingerprint density at radius 2 is 1.72 bits per heavy atom. The first-order chi connectivity index (χ1) is 11.4. The Labute approximate surface area is 166 Å². The highest BCUT2D eigenvalue weighted by Gasteiger charge is 2.31. The third kappa shape index (κ3) is 13.8. The molecule has 25 heavy (non-hydrogen) atoms. The molecule has 0 aromatic rings. The molecular weight excluding hydrogens is 378 g/mol. The zero-order valence-corrected chi connectivity index (χ0v) is 19.2. The summed E-state index contributed by atoms with van der Waals surface area (Å²) in [7, 11) is 4.89. The number of carboxylic acids is 1. The lowest BCUT2D eigenvalue weighted by Crippen LogP contribution is -2.36. The molecule has 8 heteroatoms. The zero-order valence-electron chi connectivity index (χ0n) is 16.7. The summed E-state index contributed by atoms with van der Waals surface area (Å²) < 4.78 is 5.32. The molecule has 0 amide bonds. The van der Waals surface area contributed by atoms with Gasteiger partial charge in [-0.3, -0.25) is 9.59 Å². The minimum absolute atomic E-state index is 0.0464. The number of nitrogens with one attached hydrogen (secondary N) is 1. The van der Waals surface area contributed by atoms with Crippen LogP contribution in [0.2, 0.25) is 0 Å². The molecule has 0 aromatic heterocycles. The van der Waals surface area contributed by atoms with Crippen molar-refractivity contribution < 1.29 is 19.4 Å². The predicted octanol–water partition coefficient (Wildman–Crippen LogP) is 3.98. The molecule has 0 heterocycles. The Morgan fingerprint density at radius 1 is 1.20 bits per heavy atom. The summed E-state index contributed by atoms with van der Waals surface area (Å²) in [4.78, 5) is 22.6. The van der Waals surface area contributed by atoms with Crippen LogP contribution in [0, 0.1) is 11.3 Å². The molecule has 0 radical (unpaired) electrons. The summed E-state index contributed by atoms with van der Waals surface area (Å²) in [6.07, 6.45) is 2.56. The van der Waals surface area contributed by atoms with Crippen molar-refractivity contribution in [3.8, 4) is 0 Å². The van der Waals surface area contributed by atoms with Crippen LogP contribution in [-0.2, 0) is 14.3 Å². The lowest BCUT2D eigenvalue weighted by atomic mass is 9.84. The SMILES string of the molecule is CNC(CSSC(C)(C)CC(C)(C)COC(=O)C(C)C)C(=O)O.CS. The van der Waals surface area contributed by atoms with Gasteiger partial charge in [0.25, 0.3) is 0 Å². The highest BCUT2D eigenvalue weighted by Crippen LogP contribution is 2.43. The second kappa shape index (κ2) is 13.2. The number of hydrogen-bond donors (Lipinski definition) is 3. The van der Waals surface area contributed by atoms with Crippen LogP contribution >= 0.6 is 34.2 Å². The summed E-state index contributed by atoms with van der Waals surface area (Å²) in [5.74, 6) is -0.614. The van der Waals surface area contributed by atoms with E-state index in [0.29, 0.717) is 12.4 Å². The van der Waals surface area contributed by atoms with Crippen molar-refractivity contribution in [2.75, 3.05) is 25.7 Å². The van der Waals surface area contributed by atoms with E-state index in [1.807, 2.05) is 13.8 Å². The molecule has 0 saturated carbocycles. The van der Waals surface area contributed by atoms with Crippen LogP contribution in [0.25, 0.3) is 0 Å². The van der Waals surface area contributed by atoms with Crippen LogP contribution in [0.15, 0.2) is 0 Å². The van der Waals surface area contributed by atoms with Gasteiger partial charge in [-0.25, -0.2) is 0 Å². The minimum atomic E-state index is -0.834. The van der Waals surface area contributed by atoms with Crippen molar-refractivity contribution in [3.05, 3.63) is 0 Å². The number of carbonyl (C=O) groups excluding carboxylic acids is 1. The number of likely N-dealkylation sites (N-methyl/N-ethyl adjacent to an activating group) is 1. The number of hydrogen-bond acceptors (Lipinski definition) is 7. The number of thiol groups is 1. The minimum Gasteiger partial charge on any atom is -0.480 e. The average molecular weight is 414 g/mol. The fraction of sp³-hybridized carbons (Fsp3) is 0.882. The van der Waals surface area contributed by atoms with Crippen molar-refractivity contribution in [2.24, 2.45) is 11.3 Å². The number of esters is 1. The van der Waals surface area contributed by atoms with Gasteiger partial charge in [0.2, 0.25) is 0 Å². The highest BCUT2D eigenvalue weighted by atomic mass is 33.1. The number of carbonyl (C=O) groups is 2. The Bertz CT molecular complexity index is 401. The van der Waals surface area contributed by atoms with Gasteiger partial charge < -0.3 is 15.2 Å². The summed E-state index contributed by atoms with van der Waals surface area (Å²) in [6, 6.07) is -0.539. The molecule has 0 fully saturated rings. The fourth-order valence-corrected chi connectivity index (χ4v) is 5.23. The van der Waals surface area contributed by atoms with E-state index >= 15 is 0 Å². The second-order valence-corrected chi connectivity index (χ2v) is 10.5. The smallest absolute Gasteiger partial charge is 0.321 e. The van der Waals surface area contributed by atoms with E-state index in [2.05, 4.69) is 45.6 Å². The molecule has 0 aliphatic heterocycles. The standard InChI is InChI=1S/C16H31NO4S2.CH4S/c1-11(2)14(20)21-10-15(3,4)9-16(5,6)23-22-8-12(17-7)13(18)19;1-2/h11-12,17H,8-10H2,1-7H3,(H,18,19);2H,1H3. The first-order valence-corrected chi connectivity index (χ1v) is 11.4. The summed E-state index contributed by atoms with van der Waals surface area (Å²) in [5.41, 5.74) is -0.128. The molecule has 0 spiro atoms. The van der Waals surface area contributed by atoms with Gasteiger partial charge in [-0.05, 0) is 33.6 Å². The van der Waals surface area contributed by atoms with Gasteiger partial charge in [-0.2, -0.15) is 12.6 Å². The average Bonchev–Trinajstić information content (AvgIpc) is 2.49. The largest absolute Gasteiger partial charge is 0.480 e. The van der Waals surface area contributed by atoms with Gasteiger partial charge in [0.1, 0.15) is 6.04 Å². The van der Waals surface area contributed by atoms with Gasteiger partial charge >= 0.3 is 11.9 Å². The van der Waals surface area contributed by atoms with Crippen molar-refractivity contribution in [2.45, 2.75) is 58.8 Å². The number of carboxylic acid groups (broad SMARTS) is 1. The summed E-state index contributed by atoms with van der Waals surface area (Å²) >= 11 is 3.53. The molecule has 2 N–H and O–H groups in total. The summed E-state index contributed by atoms with van der Waals surface area (Å²) in [5, 5.41) is 11.8. The molecule has 0 saturated heterocycles. The normalized spacial score (nSPS) is 13.0. The molecule has 1 unspecified atom stereocenters. The van der Waals surface area contributed by atoms with E-state index in [1.54, 1.807) is 34.9 Å². The van der Waals surface area contributed by atoms with Gasteiger partial charge in [0, 0.05) is 15.9 Å². The van der Waals surface area contributed by atoms with Crippen molar-refractivity contribution in [1.82, 2.24) is 5.32 Å². The predicted molar refractivity (Wildman–Crippen MR) is 114 cm³/mol. The van der Waals surface area contributed by atoms with Gasteiger partial charge in [-0.1, -0.05) is 49.3 Å². The molecule has 0 rings (SSSR count). The van der Waals surface area contributed by atoms with Crippen LogP contribution in [-0.4, -0.2) is 53.5 Å². The molecule has 5 nitrogen and oxygen atoms in total. The Balaban J connectivity index is 0. The maximum atomic E-state index is 11.6. The third-order valence-corrected chi connectivity index (χ3v) is 6.44. The van der Waals surface area contributed by atoms with E-state index in [-0.39, 0.29) is 22.0 Å². The van der Waals surface area contributed by atoms with E-state index < -0.39 is 12.0 Å². The molecule has 150 valence electrons. The van der Waals surface area contributed by atoms with Crippen LogP contribution < -0.4 is 5.32 Å². The molecular formula is C17H35NO4S3. The summed E-state index contributed by atoms with van der Waals surface area (Å²) in [6.45, 7) is 12.5. The Morgan fingerprint density at radius 3 is 2.12 bits per heavy atom. The van der Waals surface area contributed by atoms with E-state index in [1.165, 1.54) is 0 Å². The molecule has 0 aliphatic rings. The topological polar surface area (TPSA) is 75.6 Å². The van der Waals surface area contributed by atoms with Gasteiger partial charge in [-0.15, -0.1) is 0 Å². The highest BCUT2D eigenvalue weighted by molar-refractivity contribution is 8.77. The monoisotopic (exact) mass is 413 g/mol. The van der Waals surface area contributed by atoms with Crippen LogP contribution in [0.1, 0.15) is 48.0 Å². The maximum Gasteiger partial charge on any atom is 0.321 e. The first-order valence-electron chi connectivity index (χ1n) is 8.22. The van der Waals surface area contributed by atoms with E-state index in [0.717, 1.165) is 6.42 Å². The molecule has 1 atom stereocenters. The Hall–Kier alpha value is -0.0500. The lowest BCUT2D eigenvalue weighted by Gasteiger charge is -2.34. The molecule has 0 aliphatic carbocycles. The van der Waals surface area contributed by atoms with Gasteiger partial charge in [0.15, 0.2) is 0 Å². The number of rotatable bonds is 11. The van der Waals surface area contributed by atoms with Crippen molar-refractivity contribution in [3.63, 3.8) is 0 Å². The maximum absolute atomic E-state index is 11.6. The van der Waals surface area contributed by atoms with Gasteiger partial charge in [0.05, 0.1) is 12.5 Å². The quantitative estimate of drug-likeness (QED) is 0.269. The fourth-order valence-electron chi connectivity index (χ4n) is 2.21. The second-order valence-electron chi connectivity index (χ2n) is 7.41. The van der Waals surface area contributed by atoms with Crippen LogP contribution in [0.5, 0.6) is 0 Å². The van der Waals surface area contributed by atoms with E-state index in [9.17, 15) is 9.59 Å². The van der Waals surface area contributed by atoms with Crippen molar-refractivity contribution in [1.29, 1.82) is 0 Å². The van der Waals surface area contributed by atoms with E-state index in [4.69, 9.17) is 9.84 Å².